The minimum Gasteiger partial charge on any atom is -0.369 e. The molecule has 1 rings (SSSR count). The van der Waals surface area contributed by atoms with Crippen molar-refractivity contribution in [3.63, 3.8) is 0 Å². The second kappa shape index (κ2) is 3.38. The first kappa shape index (κ1) is 8.06. The molecule has 0 aromatic carbocycles. The molecule has 0 atom stereocenters. The maximum atomic E-state index is 11.5. The number of hydrogen-bond donors (Lipinski definition) is 1. The normalized spacial score (nSPS) is 16.1. The van der Waals surface area contributed by atoms with E-state index in [-0.39, 0.29) is 0 Å². The number of nitrogens with zero attached hydrogens (tertiary/aromatic N) is 1. The second-order valence-corrected chi connectivity index (χ2v) is 1.95. The first-order valence-corrected chi connectivity index (χ1v) is 2.91. The average molecular weight is 164 g/mol. The molecule has 0 unspecified atom stereocenters. The Morgan fingerprint density at radius 3 is 2.64 bits per heavy atom. The second-order valence-electron chi connectivity index (χ2n) is 1.95. The fraction of sp³-hybridized carbons (Fsp3) is 0.600. The molecule has 0 aliphatic carbocycles. The summed E-state index contributed by atoms with van der Waals surface area (Å²) < 4.78 is 27.6. The number of carbonyl (C=O) groups excluding carboxylic acids is 1. The van der Waals surface area contributed by atoms with Gasteiger partial charge in [-0.2, -0.15) is 13.9 Å². The highest BCUT2D eigenvalue weighted by Crippen LogP contribution is 1.95. The molecule has 0 aromatic heterocycles. The monoisotopic (exact) mass is 164 g/mol. The zero-order valence-corrected chi connectivity index (χ0v) is 5.51. The Morgan fingerprint density at radius 2 is 2.27 bits per heavy atom. The van der Waals surface area contributed by atoms with Crippen molar-refractivity contribution in [3.05, 3.63) is 0 Å². The van der Waals surface area contributed by atoms with Gasteiger partial charge in [0.15, 0.2) is 0 Å². The van der Waals surface area contributed by atoms with Crippen molar-refractivity contribution in [2.75, 3.05) is 13.2 Å². The molecule has 0 bridgehead atoms. The summed E-state index contributed by atoms with van der Waals surface area (Å²) in [5, 5.41) is 3.36. The standard InChI is InChI=1S/C5H6F2N2O2/c6-4(7)5(10)9-8-3-1-11-2-3/h4H,1-2H2,(H,9,10). The van der Waals surface area contributed by atoms with E-state index in [4.69, 9.17) is 0 Å². The maximum Gasteiger partial charge on any atom is 0.317 e. The van der Waals surface area contributed by atoms with Gasteiger partial charge in [0.2, 0.25) is 0 Å². The van der Waals surface area contributed by atoms with E-state index >= 15 is 0 Å². The lowest BCUT2D eigenvalue weighted by molar-refractivity contribution is -0.131. The first-order valence-electron chi connectivity index (χ1n) is 2.91. The molecule has 1 aliphatic rings. The Kier molecular flexibility index (Phi) is 2.48. The predicted molar refractivity (Wildman–Crippen MR) is 32.4 cm³/mol. The van der Waals surface area contributed by atoms with Crippen LogP contribution in [0.25, 0.3) is 0 Å². The Bertz CT molecular complexity index is 187. The summed E-state index contributed by atoms with van der Waals surface area (Å²) in [4.78, 5) is 10.2. The lowest BCUT2D eigenvalue weighted by atomic mass is 10.3. The van der Waals surface area contributed by atoms with E-state index in [9.17, 15) is 13.6 Å². The third kappa shape index (κ3) is 2.23. The molecule has 62 valence electrons. The molecule has 6 heteroatoms. The van der Waals surface area contributed by atoms with Gasteiger partial charge in [-0.25, -0.2) is 5.43 Å². The van der Waals surface area contributed by atoms with Gasteiger partial charge < -0.3 is 4.74 Å². The van der Waals surface area contributed by atoms with E-state index < -0.39 is 12.3 Å². The van der Waals surface area contributed by atoms with Crippen LogP contribution in [0.15, 0.2) is 5.10 Å². The van der Waals surface area contributed by atoms with Gasteiger partial charge in [0.25, 0.3) is 0 Å². The summed E-state index contributed by atoms with van der Waals surface area (Å²) >= 11 is 0. The van der Waals surface area contributed by atoms with Crippen LogP contribution in [0, 0.1) is 0 Å². The van der Waals surface area contributed by atoms with E-state index in [0.29, 0.717) is 18.9 Å². The van der Waals surface area contributed by atoms with Crippen LogP contribution in [0.3, 0.4) is 0 Å². The molecule has 1 saturated heterocycles. The lowest BCUT2D eigenvalue weighted by Gasteiger charge is -2.14. The number of alkyl halides is 2. The SMILES string of the molecule is O=C(NN=C1COC1)C(F)F. The highest BCUT2D eigenvalue weighted by Gasteiger charge is 2.16. The van der Waals surface area contributed by atoms with Crippen molar-refractivity contribution in [3.8, 4) is 0 Å². The summed E-state index contributed by atoms with van der Waals surface area (Å²) in [6.45, 7) is 0.618. The van der Waals surface area contributed by atoms with Crippen molar-refractivity contribution in [2.24, 2.45) is 5.10 Å². The zero-order valence-electron chi connectivity index (χ0n) is 5.51. The Balaban J connectivity index is 2.25. The molecule has 1 heterocycles. The fourth-order valence-corrected chi connectivity index (χ4v) is 0.441. The number of carbonyl (C=O) groups is 1. The van der Waals surface area contributed by atoms with Crippen LogP contribution >= 0.6 is 0 Å². The topological polar surface area (TPSA) is 50.7 Å². The summed E-state index contributed by atoms with van der Waals surface area (Å²) in [6, 6.07) is 0. The minimum atomic E-state index is -3.01. The summed E-state index contributed by atoms with van der Waals surface area (Å²) in [5.74, 6) is -1.38. The van der Waals surface area contributed by atoms with Gasteiger partial charge in [0.05, 0.1) is 18.9 Å². The molecule has 1 aliphatic heterocycles. The number of hydrazone groups is 1. The fourth-order valence-electron chi connectivity index (χ4n) is 0.441. The van der Waals surface area contributed by atoms with Crippen molar-refractivity contribution < 1.29 is 18.3 Å². The molecule has 1 fully saturated rings. The largest absolute Gasteiger partial charge is 0.369 e. The van der Waals surface area contributed by atoms with E-state index in [1.807, 2.05) is 0 Å². The zero-order chi connectivity index (χ0) is 8.27. The molecule has 1 amide bonds. The number of hydrogen-bond acceptors (Lipinski definition) is 3. The summed E-state index contributed by atoms with van der Waals surface area (Å²) in [7, 11) is 0. The molecule has 4 nitrogen and oxygen atoms in total. The Labute approximate surface area is 61.2 Å². The van der Waals surface area contributed by atoms with Crippen molar-refractivity contribution in [1.29, 1.82) is 0 Å². The third-order valence-electron chi connectivity index (χ3n) is 1.06. The minimum absolute atomic E-state index is 0.309. The van der Waals surface area contributed by atoms with Crippen molar-refractivity contribution >= 4 is 11.6 Å². The smallest absolute Gasteiger partial charge is 0.317 e. The first-order chi connectivity index (χ1) is 5.20. The van der Waals surface area contributed by atoms with Crippen LogP contribution in [-0.2, 0) is 9.53 Å². The van der Waals surface area contributed by atoms with Gasteiger partial charge in [-0.3, -0.25) is 4.79 Å². The number of rotatable bonds is 2. The van der Waals surface area contributed by atoms with Crippen LogP contribution in [0.4, 0.5) is 8.78 Å². The average Bonchev–Trinajstić information content (AvgIpc) is 1.83. The highest BCUT2D eigenvalue weighted by atomic mass is 19.3. The van der Waals surface area contributed by atoms with Crippen LogP contribution in [0.2, 0.25) is 0 Å². The number of ether oxygens (including phenoxy) is 1. The van der Waals surface area contributed by atoms with Crippen LogP contribution in [0.5, 0.6) is 0 Å². The lowest BCUT2D eigenvalue weighted by Crippen LogP contribution is -2.33. The third-order valence-corrected chi connectivity index (χ3v) is 1.06. The molecule has 0 spiro atoms. The molecule has 0 radical (unpaired) electrons. The van der Waals surface area contributed by atoms with Gasteiger partial charge in [0, 0.05) is 0 Å². The van der Waals surface area contributed by atoms with Gasteiger partial charge in [-0.1, -0.05) is 0 Å². The van der Waals surface area contributed by atoms with Crippen LogP contribution in [-0.4, -0.2) is 31.3 Å². The van der Waals surface area contributed by atoms with Crippen LogP contribution < -0.4 is 5.43 Å². The predicted octanol–water partition coefficient (Wildman–Crippen LogP) is -0.246. The number of amides is 1. The Hall–Kier alpha value is -1.04. The molecular weight excluding hydrogens is 158 g/mol. The van der Waals surface area contributed by atoms with Crippen molar-refractivity contribution in [1.82, 2.24) is 5.43 Å². The van der Waals surface area contributed by atoms with Gasteiger partial charge in [0.1, 0.15) is 0 Å². The summed E-state index contributed by atoms with van der Waals surface area (Å²) in [5.41, 5.74) is 2.27. The molecular formula is C5H6F2N2O2. The summed E-state index contributed by atoms with van der Waals surface area (Å²) in [6.07, 6.45) is -3.01. The highest BCUT2D eigenvalue weighted by molar-refractivity contribution is 5.91. The van der Waals surface area contributed by atoms with Gasteiger partial charge in [-0.15, -0.1) is 0 Å². The number of halogens is 2. The Morgan fingerprint density at radius 1 is 1.64 bits per heavy atom. The van der Waals surface area contributed by atoms with E-state index in [1.54, 1.807) is 5.43 Å². The maximum absolute atomic E-state index is 11.5. The van der Waals surface area contributed by atoms with E-state index in [0.717, 1.165) is 0 Å². The quantitative estimate of drug-likeness (QED) is 0.572. The van der Waals surface area contributed by atoms with E-state index in [1.165, 1.54) is 0 Å². The molecule has 1 N–H and O–H groups in total. The molecule has 0 aromatic rings. The number of nitrogens with one attached hydrogen (secondary N) is 1. The van der Waals surface area contributed by atoms with Crippen molar-refractivity contribution in [2.45, 2.75) is 6.43 Å². The van der Waals surface area contributed by atoms with Gasteiger partial charge in [-0.05, 0) is 0 Å². The van der Waals surface area contributed by atoms with Gasteiger partial charge >= 0.3 is 12.3 Å². The molecule has 11 heavy (non-hydrogen) atoms. The van der Waals surface area contributed by atoms with Crippen LogP contribution in [0.1, 0.15) is 0 Å². The van der Waals surface area contributed by atoms with E-state index in [2.05, 4.69) is 9.84 Å². The molecule has 0 saturated carbocycles.